The molecule has 11 heteroatoms. The molecule has 1 amide bonds. The molecule has 0 atom stereocenters. The predicted molar refractivity (Wildman–Crippen MR) is 138 cm³/mol. The van der Waals surface area contributed by atoms with Gasteiger partial charge < -0.3 is 20.3 Å². The summed E-state index contributed by atoms with van der Waals surface area (Å²) in [5.74, 6) is 1.33. The van der Waals surface area contributed by atoms with E-state index in [0.29, 0.717) is 33.4 Å². The first-order valence-corrected chi connectivity index (χ1v) is 13.6. The maximum absolute atomic E-state index is 12.8. The van der Waals surface area contributed by atoms with Gasteiger partial charge in [0.05, 0.1) is 26.0 Å². The third kappa shape index (κ3) is 4.70. The highest BCUT2D eigenvalue weighted by Crippen LogP contribution is 2.41. The standard InChI is InChI=1S/C24H24BrN5O4S/c1-14(2)35(32,33)21-6-4-3-5-18(21)28-23-17(25)12-26-24(29-23)27-15-7-10-19-20(11-15)34-13-22(31)30(19)16-8-9-16/h3-7,10-12,14,16H,8-9,13H2,1-2H3,(H2,26,27,28,29). The zero-order valence-electron chi connectivity index (χ0n) is 19.2. The van der Waals surface area contributed by atoms with E-state index in [-0.39, 0.29) is 23.5 Å². The summed E-state index contributed by atoms with van der Waals surface area (Å²) >= 11 is 3.44. The van der Waals surface area contributed by atoms with Gasteiger partial charge in [0.2, 0.25) is 5.95 Å². The number of anilines is 5. The van der Waals surface area contributed by atoms with Crippen molar-refractivity contribution >= 4 is 60.5 Å². The Hall–Kier alpha value is -3.18. The van der Waals surface area contributed by atoms with E-state index in [0.717, 1.165) is 18.5 Å². The summed E-state index contributed by atoms with van der Waals surface area (Å²) in [6.45, 7) is 3.32. The van der Waals surface area contributed by atoms with Crippen molar-refractivity contribution in [2.24, 2.45) is 0 Å². The number of aromatic nitrogens is 2. The Labute approximate surface area is 212 Å². The fraction of sp³-hybridized carbons (Fsp3) is 0.292. The number of halogens is 1. The number of benzene rings is 2. The number of rotatable bonds is 7. The van der Waals surface area contributed by atoms with Crippen LogP contribution in [0.3, 0.4) is 0 Å². The van der Waals surface area contributed by atoms with Crippen molar-refractivity contribution in [3.8, 4) is 5.75 Å². The first kappa shape index (κ1) is 23.6. The fourth-order valence-corrected chi connectivity index (χ4v) is 5.32. The van der Waals surface area contributed by atoms with E-state index in [9.17, 15) is 13.2 Å². The van der Waals surface area contributed by atoms with E-state index in [2.05, 4.69) is 36.5 Å². The van der Waals surface area contributed by atoms with Crippen LogP contribution in [0.15, 0.2) is 58.0 Å². The number of para-hydroxylation sites is 1. The Bertz CT molecular complexity index is 1410. The van der Waals surface area contributed by atoms with Gasteiger partial charge in [0.15, 0.2) is 16.4 Å². The molecule has 1 aliphatic heterocycles. The second-order valence-electron chi connectivity index (χ2n) is 8.70. The number of fused-ring (bicyclic) bond motifs is 1. The summed E-state index contributed by atoms with van der Waals surface area (Å²) in [7, 11) is -3.50. The topological polar surface area (TPSA) is 114 Å². The summed E-state index contributed by atoms with van der Waals surface area (Å²) in [6.07, 6.45) is 3.60. The number of sulfone groups is 1. The third-order valence-corrected chi connectivity index (χ3v) is 8.61. The van der Waals surface area contributed by atoms with Crippen LogP contribution in [-0.2, 0) is 14.6 Å². The molecule has 0 saturated heterocycles. The second-order valence-corrected chi connectivity index (χ2v) is 12.0. The molecule has 2 N–H and O–H groups in total. The molecule has 0 radical (unpaired) electrons. The molecule has 0 unspecified atom stereocenters. The van der Waals surface area contributed by atoms with Gasteiger partial charge in [-0.1, -0.05) is 12.1 Å². The number of nitrogens with one attached hydrogen (secondary N) is 2. The Morgan fingerprint density at radius 1 is 1.14 bits per heavy atom. The number of ether oxygens (including phenoxy) is 1. The van der Waals surface area contributed by atoms with Crippen molar-refractivity contribution in [2.75, 3.05) is 22.1 Å². The summed E-state index contributed by atoms with van der Waals surface area (Å²) in [5, 5.41) is 5.72. The Morgan fingerprint density at radius 2 is 1.91 bits per heavy atom. The molecular weight excluding hydrogens is 534 g/mol. The highest BCUT2D eigenvalue weighted by molar-refractivity contribution is 9.10. The van der Waals surface area contributed by atoms with Gasteiger partial charge in [0.1, 0.15) is 11.6 Å². The number of carbonyl (C=O) groups excluding carboxylic acids is 1. The van der Waals surface area contributed by atoms with E-state index >= 15 is 0 Å². The van der Waals surface area contributed by atoms with Crippen molar-refractivity contribution in [3.05, 3.63) is 53.1 Å². The van der Waals surface area contributed by atoms with Crippen molar-refractivity contribution in [1.29, 1.82) is 0 Å². The lowest BCUT2D eigenvalue weighted by molar-refractivity contribution is -0.121. The lowest BCUT2D eigenvalue weighted by Gasteiger charge is -2.29. The van der Waals surface area contributed by atoms with Gasteiger partial charge in [-0.2, -0.15) is 4.98 Å². The van der Waals surface area contributed by atoms with Gasteiger partial charge >= 0.3 is 0 Å². The number of hydrogen-bond acceptors (Lipinski definition) is 8. The van der Waals surface area contributed by atoms with Crippen LogP contribution in [0.4, 0.5) is 28.8 Å². The van der Waals surface area contributed by atoms with Crippen molar-refractivity contribution < 1.29 is 17.9 Å². The zero-order chi connectivity index (χ0) is 24.7. The Morgan fingerprint density at radius 3 is 2.66 bits per heavy atom. The number of hydrogen-bond donors (Lipinski definition) is 2. The molecule has 2 aromatic carbocycles. The Balaban J connectivity index is 1.40. The molecule has 182 valence electrons. The Kier molecular flexibility index (Phi) is 6.14. The number of carbonyl (C=O) groups is 1. The normalized spacial score (nSPS) is 15.5. The summed E-state index contributed by atoms with van der Waals surface area (Å²) < 4.78 is 31.9. The van der Waals surface area contributed by atoms with Crippen LogP contribution in [-0.4, -0.2) is 42.2 Å². The van der Waals surface area contributed by atoms with Crippen molar-refractivity contribution in [2.45, 2.75) is 42.9 Å². The summed E-state index contributed by atoms with van der Waals surface area (Å²) in [5.41, 5.74) is 1.90. The minimum absolute atomic E-state index is 0.0209. The molecule has 0 bridgehead atoms. The second kappa shape index (κ2) is 9.12. The van der Waals surface area contributed by atoms with E-state index in [4.69, 9.17) is 4.74 Å². The molecular formula is C24H24BrN5O4S. The highest BCUT2D eigenvalue weighted by Gasteiger charge is 2.37. The molecule has 2 heterocycles. The van der Waals surface area contributed by atoms with Crippen LogP contribution >= 0.6 is 15.9 Å². The predicted octanol–water partition coefficient (Wildman–Crippen LogP) is 4.80. The maximum atomic E-state index is 12.8. The van der Waals surface area contributed by atoms with E-state index in [1.165, 1.54) is 0 Å². The van der Waals surface area contributed by atoms with Crippen LogP contribution in [0.5, 0.6) is 5.75 Å². The zero-order valence-corrected chi connectivity index (χ0v) is 21.6. The molecule has 1 fully saturated rings. The molecule has 1 saturated carbocycles. The molecule has 1 aromatic heterocycles. The monoisotopic (exact) mass is 557 g/mol. The smallest absolute Gasteiger partial charge is 0.265 e. The molecule has 2 aliphatic rings. The van der Waals surface area contributed by atoms with Gasteiger partial charge in [-0.05, 0) is 66.9 Å². The van der Waals surface area contributed by atoms with Crippen LogP contribution in [0.1, 0.15) is 26.7 Å². The molecule has 1 aliphatic carbocycles. The van der Waals surface area contributed by atoms with Crippen LogP contribution in [0, 0.1) is 0 Å². The first-order chi connectivity index (χ1) is 16.7. The first-order valence-electron chi connectivity index (χ1n) is 11.2. The van der Waals surface area contributed by atoms with Gasteiger partial charge in [-0.25, -0.2) is 13.4 Å². The highest BCUT2D eigenvalue weighted by atomic mass is 79.9. The van der Waals surface area contributed by atoms with E-state index in [1.54, 1.807) is 44.3 Å². The lowest BCUT2D eigenvalue weighted by atomic mass is 10.2. The van der Waals surface area contributed by atoms with E-state index in [1.807, 2.05) is 23.1 Å². The van der Waals surface area contributed by atoms with E-state index < -0.39 is 15.1 Å². The maximum Gasteiger partial charge on any atom is 0.265 e. The van der Waals surface area contributed by atoms with Crippen LogP contribution in [0.2, 0.25) is 0 Å². The molecule has 35 heavy (non-hydrogen) atoms. The largest absolute Gasteiger partial charge is 0.481 e. The van der Waals surface area contributed by atoms with Gasteiger partial charge in [0, 0.05) is 24.0 Å². The lowest BCUT2D eigenvalue weighted by Crippen LogP contribution is -2.40. The molecule has 3 aromatic rings. The molecule has 5 rings (SSSR count). The molecule has 9 nitrogen and oxygen atoms in total. The fourth-order valence-electron chi connectivity index (χ4n) is 3.83. The SMILES string of the molecule is CC(C)S(=O)(=O)c1ccccc1Nc1nc(Nc2ccc3c(c2)OCC(=O)N3C2CC2)ncc1Br. The summed E-state index contributed by atoms with van der Waals surface area (Å²) in [4.78, 5) is 23.1. The minimum atomic E-state index is -3.50. The number of amides is 1. The number of nitrogens with zero attached hydrogens (tertiary/aromatic N) is 3. The van der Waals surface area contributed by atoms with Crippen molar-refractivity contribution in [3.63, 3.8) is 0 Å². The van der Waals surface area contributed by atoms with Gasteiger partial charge in [0.25, 0.3) is 5.91 Å². The van der Waals surface area contributed by atoms with Crippen LogP contribution < -0.4 is 20.3 Å². The minimum Gasteiger partial charge on any atom is -0.481 e. The average molecular weight is 558 g/mol. The quantitative estimate of drug-likeness (QED) is 0.426. The molecule has 0 spiro atoms. The summed E-state index contributed by atoms with van der Waals surface area (Å²) in [6, 6.07) is 12.5. The van der Waals surface area contributed by atoms with Crippen molar-refractivity contribution in [1.82, 2.24) is 9.97 Å². The third-order valence-electron chi connectivity index (χ3n) is 5.82. The average Bonchev–Trinajstić information content (AvgIpc) is 3.66. The van der Waals surface area contributed by atoms with Gasteiger partial charge in [-0.3, -0.25) is 4.79 Å². The van der Waals surface area contributed by atoms with Gasteiger partial charge in [-0.15, -0.1) is 0 Å². The van der Waals surface area contributed by atoms with Crippen LogP contribution in [0.25, 0.3) is 0 Å².